The van der Waals surface area contributed by atoms with Crippen molar-refractivity contribution < 1.29 is 9.53 Å². The molecule has 0 atom stereocenters. The molecule has 9 nitrogen and oxygen atoms in total. The number of hydrogen-bond donors (Lipinski definition) is 1. The van der Waals surface area contributed by atoms with Crippen molar-refractivity contribution in [3.05, 3.63) is 102 Å². The van der Waals surface area contributed by atoms with Crippen LogP contribution in [0.25, 0.3) is 11.0 Å². The topological polar surface area (TPSA) is 99.8 Å². The van der Waals surface area contributed by atoms with E-state index in [1.165, 1.54) is 5.56 Å². The molecule has 2 aromatic heterocycles. The second kappa shape index (κ2) is 10.4. The minimum Gasteiger partial charge on any atom is -0.486 e. The van der Waals surface area contributed by atoms with Gasteiger partial charge in [-0.25, -0.2) is 9.67 Å². The summed E-state index contributed by atoms with van der Waals surface area (Å²) < 4.78 is 9.66. The van der Waals surface area contributed by atoms with Gasteiger partial charge in [0.1, 0.15) is 18.2 Å². The molecule has 0 fully saturated rings. The second-order valence-electron chi connectivity index (χ2n) is 8.72. The summed E-state index contributed by atoms with van der Waals surface area (Å²) in [5, 5.41) is 14.7. The number of carbonyl (C=O) groups excluding carboxylic acids is 1. The van der Waals surface area contributed by atoms with Gasteiger partial charge in [-0.05, 0) is 66.2 Å². The van der Waals surface area contributed by atoms with Crippen molar-refractivity contribution >= 4 is 16.9 Å². The Morgan fingerprint density at radius 3 is 2.47 bits per heavy atom. The third kappa shape index (κ3) is 5.10. The van der Waals surface area contributed by atoms with Gasteiger partial charge < -0.3 is 14.6 Å². The Bertz CT molecular complexity index is 1460. The van der Waals surface area contributed by atoms with E-state index in [-0.39, 0.29) is 18.6 Å². The summed E-state index contributed by atoms with van der Waals surface area (Å²) in [6, 6.07) is 25.4. The predicted molar refractivity (Wildman–Crippen MR) is 135 cm³/mol. The maximum absolute atomic E-state index is 12.9. The Hall–Kier alpha value is -4.53. The van der Waals surface area contributed by atoms with Crippen LogP contribution in [-0.4, -0.2) is 35.7 Å². The summed E-state index contributed by atoms with van der Waals surface area (Å²) in [6.45, 7) is 5.25. The van der Waals surface area contributed by atoms with E-state index >= 15 is 0 Å². The minimum absolute atomic E-state index is 0.144. The first kappa shape index (κ1) is 23.2. The molecule has 5 rings (SSSR count). The lowest BCUT2D eigenvalue weighted by atomic mass is 10.2. The van der Waals surface area contributed by atoms with E-state index in [1.54, 1.807) is 28.9 Å². The first-order valence-electron chi connectivity index (χ1n) is 11.8. The maximum Gasteiger partial charge on any atom is 0.251 e. The number of benzene rings is 3. The van der Waals surface area contributed by atoms with Crippen LogP contribution in [0.3, 0.4) is 0 Å². The van der Waals surface area contributed by atoms with Gasteiger partial charge in [0.15, 0.2) is 5.82 Å². The number of nitrogens with zero attached hydrogens (tertiary/aromatic N) is 6. The summed E-state index contributed by atoms with van der Waals surface area (Å²) in [6.07, 6.45) is 0. The summed E-state index contributed by atoms with van der Waals surface area (Å²) in [4.78, 5) is 17.6. The fraction of sp³-hybridized carbons (Fsp3) is 0.222. The number of carbonyl (C=O) groups is 1. The molecule has 0 spiro atoms. The van der Waals surface area contributed by atoms with Crippen LogP contribution in [0, 0.1) is 0 Å². The molecular formula is C27H27N7O2. The van der Waals surface area contributed by atoms with Gasteiger partial charge in [0, 0.05) is 12.1 Å². The number of rotatable bonds is 9. The van der Waals surface area contributed by atoms with Crippen LogP contribution >= 0.6 is 0 Å². The summed E-state index contributed by atoms with van der Waals surface area (Å²) in [5.74, 6) is 1.90. The molecule has 0 unspecified atom stereocenters. The molecule has 1 N–H and O–H groups in total. The third-order valence-corrected chi connectivity index (χ3v) is 5.86. The molecule has 2 heterocycles. The van der Waals surface area contributed by atoms with Crippen molar-refractivity contribution in [3.8, 4) is 5.75 Å². The summed E-state index contributed by atoms with van der Waals surface area (Å²) in [7, 11) is 0. The Morgan fingerprint density at radius 2 is 1.69 bits per heavy atom. The molecule has 1 amide bonds. The number of fused-ring (bicyclic) bond motifs is 1. The highest BCUT2D eigenvalue weighted by molar-refractivity contribution is 5.94. The molecule has 0 aliphatic carbocycles. The van der Waals surface area contributed by atoms with Crippen LogP contribution in [-0.2, 0) is 19.7 Å². The average Bonchev–Trinajstić information content (AvgIpc) is 3.52. The molecule has 36 heavy (non-hydrogen) atoms. The first-order valence-corrected chi connectivity index (χ1v) is 11.8. The Balaban J connectivity index is 1.24. The number of aromatic nitrogens is 6. The molecular weight excluding hydrogens is 454 g/mol. The van der Waals surface area contributed by atoms with Crippen molar-refractivity contribution in [3.63, 3.8) is 0 Å². The Morgan fingerprint density at radius 1 is 0.944 bits per heavy atom. The molecule has 0 radical (unpaired) electrons. The molecule has 5 aromatic rings. The van der Waals surface area contributed by atoms with E-state index in [4.69, 9.17) is 9.72 Å². The third-order valence-electron chi connectivity index (χ3n) is 5.86. The van der Waals surface area contributed by atoms with Crippen molar-refractivity contribution in [1.82, 2.24) is 35.1 Å². The van der Waals surface area contributed by atoms with Crippen LogP contribution in [0.4, 0.5) is 0 Å². The molecule has 0 saturated heterocycles. The van der Waals surface area contributed by atoms with Gasteiger partial charge in [0.25, 0.3) is 5.91 Å². The fourth-order valence-electron chi connectivity index (χ4n) is 4.02. The van der Waals surface area contributed by atoms with Gasteiger partial charge in [-0.15, -0.1) is 5.10 Å². The molecule has 9 heteroatoms. The number of nitrogens with one attached hydrogen (secondary N) is 1. The average molecular weight is 482 g/mol. The summed E-state index contributed by atoms with van der Waals surface area (Å²) in [5.41, 5.74) is 3.66. The van der Waals surface area contributed by atoms with E-state index in [0.29, 0.717) is 30.2 Å². The lowest BCUT2D eigenvalue weighted by molar-refractivity contribution is 0.0949. The summed E-state index contributed by atoms with van der Waals surface area (Å²) >= 11 is 0. The maximum atomic E-state index is 12.9. The molecule has 182 valence electrons. The highest BCUT2D eigenvalue weighted by atomic mass is 16.5. The van der Waals surface area contributed by atoms with Crippen molar-refractivity contribution in [2.45, 2.75) is 39.6 Å². The van der Waals surface area contributed by atoms with Crippen molar-refractivity contribution in [2.75, 3.05) is 0 Å². The van der Waals surface area contributed by atoms with Gasteiger partial charge in [0.2, 0.25) is 0 Å². The number of amides is 1. The predicted octanol–water partition coefficient (Wildman–Crippen LogP) is 4.16. The monoisotopic (exact) mass is 481 g/mol. The quantitative estimate of drug-likeness (QED) is 0.339. The van der Waals surface area contributed by atoms with Crippen LogP contribution < -0.4 is 10.1 Å². The minimum atomic E-state index is -0.177. The van der Waals surface area contributed by atoms with Gasteiger partial charge in [0.05, 0.1) is 23.6 Å². The lowest BCUT2D eigenvalue weighted by Crippen LogP contribution is -2.24. The standard InChI is InChI=1S/C27H27N7O2/c1-19(2)34-26(30-31-32-34)18-36-22-14-12-21(13-15-22)27(35)28-16-25-29-23-10-6-7-11-24(23)33(25)17-20-8-4-3-5-9-20/h3-15,19H,16-18H2,1-2H3,(H,28,35). The zero-order chi connectivity index (χ0) is 24.9. The van der Waals surface area contributed by atoms with E-state index in [0.717, 1.165) is 16.9 Å². The fourth-order valence-corrected chi connectivity index (χ4v) is 4.02. The van der Waals surface area contributed by atoms with Gasteiger partial charge in [-0.1, -0.05) is 42.5 Å². The number of tetrazole rings is 1. The second-order valence-corrected chi connectivity index (χ2v) is 8.72. The Kier molecular flexibility index (Phi) is 6.70. The van der Waals surface area contributed by atoms with Crippen molar-refractivity contribution in [2.24, 2.45) is 0 Å². The van der Waals surface area contributed by atoms with E-state index in [2.05, 4.69) is 43.6 Å². The number of imidazole rings is 1. The number of ether oxygens (including phenoxy) is 1. The SMILES string of the molecule is CC(C)n1nnnc1COc1ccc(C(=O)NCc2nc3ccccc3n2Cc2ccccc2)cc1. The normalized spacial score (nSPS) is 11.2. The molecule has 0 aliphatic rings. The number of para-hydroxylation sites is 2. The van der Waals surface area contributed by atoms with E-state index in [1.807, 2.05) is 50.2 Å². The number of hydrogen-bond acceptors (Lipinski definition) is 6. The smallest absolute Gasteiger partial charge is 0.251 e. The van der Waals surface area contributed by atoms with Crippen LogP contribution in [0.5, 0.6) is 5.75 Å². The van der Waals surface area contributed by atoms with Crippen LogP contribution in [0.1, 0.15) is 47.5 Å². The molecule has 0 aliphatic heterocycles. The van der Waals surface area contributed by atoms with E-state index in [9.17, 15) is 4.79 Å². The first-order chi connectivity index (χ1) is 17.6. The molecule has 3 aromatic carbocycles. The van der Waals surface area contributed by atoms with Gasteiger partial charge in [-0.2, -0.15) is 0 Å². The van der Waals surface area contributed by atoms with Crippen LogP contribution in [0.2, 0.25) is 0 Å². The zero-order valence-corrected chi connectivity index (χ0v) is 20.2. The molecule has 0 saturated carbocycles. The van der Waals surface area contributed by atoms with Gasteiger partial charge in [-0.3, -0.25) is 4.79 Å². The van der Waals surface area contributed by atoms with Crippen molar-refractivity contribution in [1.29, 1.82) is 0 Å². The van der Waals surface area contributed by atoms with E-state index < -0.39 is 0 Å². The molecule has 0 bridgehead atoms. The van der Waals surface area contributed by atoms with Gasteiger partial charge >= 0.3 is 0 Å². The highest BCUT2D eigenvalue weighted by Gasteiger charge is 2.14. The Labute approximate surface area is 208 Å². The highest BCUT2D eigenvalue weighted by Crippen LogP contribution is 2.19. The zero-order valence-electron chi connectivity index (χ0n) is 20.2. The lowest BCUT2D eigenvalue weighted by Gasteiger charge is -2.11. The largest absolute Gasteiger partial charge is 0.486 e. The van der Waals surface area contributed by atoms with Crippen LogP contribution in [0.15, 0.2) is 78.9 Å².